The van der Waals surface area contributed by atoms with E-state index in [1.165, 1.54) is 58.3 Å². The number of nitrogens with zero attached hydrogens (tertiary/aromatic N) is 1. The van der Waals surface area contributed by atoms with Crippen molar-refractivity contribution in [3.05, 3.63) is 0 Å². The zero-order chi connectivity index (χ0) is 12.9. The monoisotopic (exact) mass is 242 g/mol. The van der Waals surface area contributed by atoms with Crippen LogP contribution in [-0.4, -0.2) is 37.6 Å². The van der Waals surface area contributed by atoms with Gasteiger partial charge in [-0.25, -0.2) is 0 Å². The maximum atomic E-state index is 3.56. The highest BCUT2D eigenvalue weighted by molar-refractivity contribution is 4.62. The summed E-state index contributed by atoms with van der Waals surface area (Å²) in [6.07, 6.45) is 6.73. The number of nitrogens with one attached hydrogen (secondary N) is 1. The standard InChI is InChI=1S/C15H34N2/c1-5-8-9-10-11-16-12-13-17(7-3)14-15(4)6-2/h15-16H,5-14H2,1-4H3. The topological polar surface area (TPSA) is 15.3 Å². The molecule has 0 aliphatic rings. The molecule has 17 heavy (non-hydrogen) atoms. The van der Waals surface area contributed by atoms with Gasteiger partial charge < -0.3 is 10.2 Å². The molecule has 0 rings (SSSR count). The summed E-state index contributed by atoms with van der Waals surface area (Å²) in [5.41, 5.74) is 0. The van der Waals surface area contributed by atoms with Gasteiger partial charge in [-0.1, -0.05) is 53.4 Å². The Morgan fingerprint density at radius 1 is 1.00 bits per heavy atom. The summed E-state index contributed by atoms with van der Waals surface area (Å²) in [4.78, 5) is 2.56. The van der Waals surface area contributed by atoms with Gasteiger partial charge in [0, 0.05) is 19.6 Å². The van der Waals surface area contributed by atoms with Gasteiger partial charge in [0.15, 0.2) is 0 Å². The molecule has 0 fully saturated rings. The van der Waals surface area contributed by atoms with Gasteiger partial charge in [0.25, 0.3) is 0 Å². The van der Waals surface area contributed by atoms with Crippen LogP contribution >= 0.6 is 0 Å². The zero-order valence-electron chi connectivity index (χ0n) is 12.6. The quantitative estimate of drug-likeness (QED) is 0.527. The smallest absolute Gasteiger partial charge is 0.0107 e. The first-order chi connectivity index (χ1) is 8.24. The van der Waals surface area contributed by atoms with Crippen molar-refractivity contribution >= 4 is 0 Å². The molecule has 0 bridgehead atoms. The van der Waals surface area contributed by atoms with Crippen molar-refractivity contribution in [2.75, 3.05) is 32.7 Å². The molecule has 0 aromatic carbocycles. The van der Waals surface area contributed by atoms with E-state index >= 15 is 0 Å². The second kappa shape index (κ2) is 12.4. The molecule has 0 aliphatic heterocycles. The Balaban J connectivity index is 3.37. The Hall–Kier alpha value is -0.0800. The van der Waals surface area contributed by atoms with E-state index in [1.54, 1.807) is 0 Å². The summed E-state index contributed by atoms with van der Waals surface area (Å²) >= 11 is 0. The molecule has 1 N–H and O–H groups in total. The van der Waals surface area contributed by atoms with Crippen molar-refractivity contribution in [3.8, 4) is 0 Å². The van der Waals surface area contributed by atoms with E-state index in [0.29, 0.717) is 0 Å². The summed E-state index contributed by atoms with van der Waals surface area (Å²) in [6.45, 7) is 15.1. The van der Waals surface area contributed by atoms with Gasteiger partial charge in [-0.2, -0.15) is 0 Å². The summed E-state index contributed by atoms with van der Waals surface area (Å²) in [6, 6.07) is 0. The first kappa shape index (κ1) is 16.9. The molecule has 0 saturated carbocycles. The average molecular weight is 242 g/mol. The van der Waals surface area contributed by atoms with Crippen molar-refractivity contribution in [3.63, 3.8) is 0 Å². The molecule has 1 atom stereocenters. The molecule has 0 amide bonds. The predicted molar refractivity (Wildman–Crippen MR) is 78.6 cm³/mol. The Morgan fingerprint density at radius 2 is 1.76 bits per heavy atom. The van der Waals surface area contributed by atoms with E-state index in [4.69, 9.17) is 0 Å². The molecule has 2 heteroatoms. The van der Waals surface area contributed by atoms with E-state index in [-0.39, 0.29) is 0 Å². The summed E-state index contributed by atoms with van der Waals surface area (Å²) in [7, 11) is 0. The van der Waals surface area contributed by atoms with Crippen LogP contribution in [-0.2, 0) is 0 Å². The lowest BCUT2D eigenvalue weighted by atomic mass is 10.1. The lowest BCUT2D eigenvalue weighted by Gasteiger charge is -2.23. The van der Waals surface area contributed by atoms with E-state index < -0.39 is 0 Å². The number of likely N-dealkylation sites (N-methyl/N-ethyl adjacent to an activating group) is 1. The fourth-order valence-electron chi connectivity index (χ4n) is 1.99. The third-order valence-electron chi connectivity index (χ3n) is 3.53. The average Bonchev–Trinajstić information content (AvgIpc) is 2.35. The molecule has 0 aromatic heterocycles. The van der Waals surface area contributed by atoms with Crippen molar-refractivity contribution in [1.82, 2.24) is 10.2 Å². The van der Waals surface area contributed by atoms with Crippen LogP contribution in [0.3, 0.4) is 0 Å². The minimum atomic E-state index is 0.833. The second-order valence-corrected chi connectivity index (χ2v) is 5.22. The Labute approximate surface area is 109 Å². The number of rotatable bonds is 12. The number of hydrogen-bond acceptors (Lipinski definition) is 2. The third kappa shape index (κ3) is 10.8. The van der Waals surface area contributed by atoms with Crippen LogP contribution in [0.5, 0.6) is 0 Å². The van der Waals surface area contributed by atoms with Crippen LogP contribution in [0.25, 0.3) is 0 Å². The molecule has 2 nitrogen and oxygen atoms in total. The normalized spacial score (nSPS) is 13.2. The maximum Gasteiger partial charge on any atom is 0.0107 e. The van der Waals surface area contributed by atoms with Crippen LogP contribution in [0.2, 0.25) is 0 Å². The first-order valence-electron chi connectivity index (χ1n) is 7.67. The van der Waals surface area contributed by atoms with Crippen LogP contribution in [0, 0.1) is 5.92 Å². The third-order valence-corrected chi connectivity index (χ3v) is 3.53. The SMILES string of the molecule is CCCCCCNCCN(CC)CC(C)CC. The fraction of sp³-hybridized carbons (Fsp3) is 1.00. The van der Waals surface area contributed by atoms with Gasteiger partial charge >= 0.3 is 0 Å². The molecule has 0 aliphatic carbocycles. The lowest BCUT2D eigenvalue weighted by molar-refractivity contribution is 0.246. The molecular formula is C15H34N2. The number of hydrogen-bond donors (Lipinski definition) is 1. The predicted octanol–water partition coefficient (Wildman–Crippen LogP) is 3.52. The molecule has 0 heterocycles. The van der Waals surface area contributed by atoms with Crippen molar-refractivity contribution in [2.45, 2.75) is 59.8 Å². The highest BCUT2D eigenvalue weighted by Gasteiger charge is 2.06. The Kier molecular flexibility index (Phi) is 12.3. The van der Waals surface area contributed by atoms with Gasteiger partial charge in [0.1, 0.15) is 0 Å². The van der Waals surface area contributed by atoms with Gasteiger partial charge in [-0.3, -0.25) is 0 Å². The molecule has 0 aromatic rings. The van der Waals surface area contributed by atoms with E-state index in [1.807, 2.05) is 0 Å². The summed E-state index contributed by atoms with van der Waals surface area (Å²) in [5.74, 6) is 0.833. The Morgan fingerprint density at radius 3 is 2.35 bits per heavy atom. The van der Waals surface area contributed by atoms with Crippen molar-refractivity contribution in [1.29, 1.82) is 0 Å². The molecular weight excluding hydrogens is 208 g/mol. The van der Waals surface area contributed by atoms with Crippen molar-refractivity contribution < 1.29 is 0 Å². The summed E-state index contributed by atoms with van der Waals surface area (Å²) < 4.78 is 0. The van der Waals surface area contributed by atoms with E-state index in [2.05, 4.69) is 37.9 Å². The van der Waals surface area contributed by atoms with E-state index in [9.17, 15) is 0 Å². The second-order valence-electron chi connectivity index (χ2n) is 5.22. The van der Waals surface area contributed by atoms with Crippen LogP contribution in [0.15, 0.2) is 0 Å². The fourth-order valence-corrected chi connectivity index (χ4v) is 1.99. The molecule has 0 radical (unpaired) electrons. The van der Waals surface area contributed by atoms with Crippen molar-refractivity contribution in [2.24, 2.45) is 5.92 Å². The van der Waals surface area contributed by atoms with Gasteiger partial charge in [-0.15, -0.1) is 0 Å². The highest BCUT2D eigenvalue weighted by atomic mass is 15.1. The largest absolute Gasteiger partial charge is 0.315 e. The lowest BCUT2D eigenvalue weighted by Crippen LogP contribution is -2.35. The molecule has 104 valence electrons. The van der Waals surface area contributed by atoms with Gasteiger partial charge in [0.05, 0.1) is 0 Å². The highest BCUT2D eigenvalue weighted by Crippen LogP contribution is 2.03. The summed E-state index contributed by atoms with van der Waals surface area (Å²) in [5, 5.41) is 3.56. The minimum absolute atomic E-state index is 0.833. The van der Waals surface area contributed by atoms with Crippen LogP contribution in [0.4, 0.5) is 0 Å². The molecule has 1 unspecified atom stereocenters. The first-order valence-corrected chi connectivity index (χ1v) is 7.67. The molecule has 0 saturated heterocycles. The maximum absolute atomic E-state index is 3.56. The van der Waals surface area contributed by atoms with Gasteiger partial charge in [0.2, 0.25) is 0 Å². The zero-order valence-corrected chi connectivity index (χ0v) is 12.6. The molecule has 0 spiro atoms. The minimum Gasteiger partial charge on any atom is -0.315 e. The number of unbranched alkanes of at least 4 members (excludes halogenated alkanes) is 3. The Bertz CT molecular complexity index is 148. The van der Waals surface area contributed by atoms with Gasteiger partial charge in [-0.05, 0) is 25.4 Å². The van der Waals surface area contributed by atoms with E-state index in [0.717, 1.165) is 12.5 Å². The van der Waals surface area contributed by atoms with Crippen LogP contribution < -0.4 is 5.32 Å². The van der Waals surface area contributed by atoms with Crippen LogP contribution in [0.1, 0.15) is 59.8 Å².